The van der Waals surface area contributed by atoms with E-state index in [0.29, 0.717) is 6.42 Å². The van der Waals surface area contributed by atoms with Gasteiger partial charge >= 0.3 is 5.97 Å². The maximum absolute atomic E-state index is 10.9. The van der Waals surface area contributed by atoms with E-state index in [1.165, 1.54) is 20.0 Å². The van der Waals surface area contributed by atoms with Crippen molar-refractivity contribution in [2.24, 2.45) is 10.9 Å². The number of carbonyl (C=O) groups is 1. The molecule has 0 spiro atoms. The normalized spacial score (nSPS) is 14.5. The first kappa shape index (κ1) is 18.5. The number of aliphatic imine (C=N–C) groups is 1. The molecule has 0 bridgehead atoms. The number of rotatable bonds is 8. The minimum absolute atomic E-state index is 0. The van der Waals surface area contributed by atoms with Gasteiger partial charge in [-0.1, -0.05) is 0 Å². The Morgan fingerprint density at radius 1 is 1.32 bits per heavy atom. The molecule has 1 aliphatic carbocycles. The molecule has 0 radical (unpaired) electrons. The number of nitrogens with one attached hydrogen (secondary N) is 2. The van der Waals surface area contributed by atoms with Crippen molar-refractivity contribution in [3.63, 3.8) is 0 Å². The van der Waals surface area contributed by atoms with Crippen LogP contribution in [-0.4, -0.2) is 38.7 Å². The monoisotopic (exact) mass is 383 g/mol. The quantitative estimate of drug-likeness (QED) is 0.221. The minimum Gasteiger partial charge on any atom is -0.469 e. The topological polar surface area (TPSA) is 62.7 Å². The average molecular weight is 383 g/mol. The van der Waals surface area contributed by atoms with E-state index < -0.39 is 0 Å². The number of guanidine groups is 1. The van der Waals surface area contributed by atoms with Crippen LogP contribution in [0.2, 0.25) is 0 Å². The Kier molecular flexibility index (Phi) is 11.0. The predicted molar refractivity (Wildman–Crippen MR) is 88.0 cm³/mol. The third-order valence-corrected chi connectivity index (χ3v) is 2.88. The maximum Gasteiger partial charge on any atom is 0.305 e. The van der Waals surface area contributed by atoms with E-state index in [4.69, 9.17) is 0 Å². The van der Waals surface area contributed by atoms with Crippen molar-refractivity contribution in [2.45, 2.75) is 39.0 Å². The molecule has 0 unspecified atom stereocenters. The highest BCUT2D eigenvalue weighted by Gasteiger charge is 2.20. The Balaban J connectivity index is 0.00000324. The molecule has 5 nitrogen and oxygen atoms in total. The van der Waals surface area contributed by atoms with Gasteiger partial charge in [0.25, 0.3) is 0 Å². The van der Waals surface area contributed by atoms with Crippen LogP contribution < -0.4 is 10.6 Å². The van der Waals surface area contributed by atoms with Crippen molar-refractivity contribution in [2.75, 3.05) is 26.7 Å². The lowest BCUT2D eigenvalue weighted by Gasteiger charge is -2.10. The van der Waals surface area contributed by atoms with E-state index in [9.17, 15) is 4.79 Å². The van der Waals surface area contributed by atoms with Gasteiger partial charge in [-0.3, -0.25) is 9.79 Å². The van der Waals surface area contributed by atoms with Crippen LogP contribution in [0.25, 0.3) is 0 Å². The lowest BCUT2D eigenvalue weighted by molar-refractivity contribution is -0.140. The van der Waals surface area contributed by atoms with Gasteiger partial charge in [0.05, 0.1) is 7.11 Å². The molecule has 1 fully saturated rings. The fourth-order valence-electron chi connectivity index (χ4n) is 1.57. The first-order valence-corrected chi connectivity index (χ1v) is 6.85. The number of hydrogen-bond acceptors (Lipinski definition) is 3. The number of methoxy groups -OCH3 is 1. The van der Waals surface area contributed by atoms with Gasteiger partial charge in [-0.2, -0.15) is 0 Å². The van der Waals surface area contributed by atoms with E-state index in [-0.39, 0.29) is 29.9 Å². The second-order valence-corrected chi connectivity index (χ2v) is 4.62. The summed E-state index contributed by atoms with van der Waals surface area (Å²) in [7, 11) is 1.42. The zero-order valence-corrected chi connectivity index (χ0v) is 14.2. The Bertz CT molecular complexity index is 281. The summed E-state index contributed by atoms with van der Waals surface area (Å²) in [5, 5.41) is 6.51. The predicted octanol–water partition coefficient (Wildman–Crippen LogP) is 1.91. The van der Waals surface area contributed by atoms with Gasteiger partial charge < -0.3 is 15.4 Å². The molecule has 0 aromatic heterocycles. The first-order chi connectivity index (χ1) is 8.76. The zero-order chi connectivity index (χ0) is 13.2. The molecule has 0 saturated heterocycles. The number of ether oxygens (including phenoxy) is 1. The van der Waals surface area contributed by atoms with E-state index in [1.807, 2.05) is 0 Å². The van der Waals surface area contributed by atoms with Crippen LogP contribution in [0, 0.1) is 5.92 Å². The number of halogens is 1. The molecule has 2 N–H and O–H groups in total. The van der Waals surface area contributed by atoms with Crippen molar-refractivity contribution < 1.29 is 9.53 Å². The van der Waals surface area contributed by atoms with Gasteiger partial charge in [0.2, 0.25) is 0 Å². The molecular weight excluding hydrogens is 357 g/mol. The molecule has 19 heavy (non-hydrogen) atoms. The molecule has 0 heterocycles. The van der Waals surface area contributed by atoms with E-state index >= 15 is 0 Å². The van der Waals surface area contributed by atoms with Crippen LogP contribution in [0.1, 0.15) is 39.0 Å². The van der Waals surface area contributed by atoms with Gasteiger partial charge in [-0.15, -0.1) is 24.0 Å². The number of hydrogen-bond donors (Lipinski definition) is 2. The fraction of sp³-hybridized carbons (Fsp3) is 0.846. The summed E-state index contributed by atoms with van der Waals surface area (Å²) in [6.07, 6.45) is 4.93. The summed E-state index contributed by atoms with van der Waals surface area (Å²) in [5.74, 6) is 1.56. The third-order valence-electron chi connectivity index (χ3n) is 2.88. The highest BCUT2D eigenvalue weighted by Crippen LogP contribution is 2.28. The molecule has 0 aromatic carbocycles. The van der Waals surface area contributed by atoms with Crippen LogP contribution in [0.15, 0.2) is 4.99 Å². The summed E-state index contributed by atoms with van der Waals surface area (Å²) in [4.78, 5) is 15.4. The van der Waals surface area contributed by atoms with Crippen molar-refractivity contribution in [1.82, 2.24) is 10.6 Å². The van der Waals surface area contributed by atoms with Crippen molar-refractivity contribution >= 4 is 35.9 Å². The van der Waals surface area contributed by atoms with Crippen LogP contribution in [0.4, 0.5) is 0 Å². The number of nitrogens with zero attached hydrogens (tertiary/aromatic N) is 1. The average Bonchev–Trinajstić information content (AvgIpc) is 3.19. The maximum atomic E-state index is 10.9. The van der Waals surface area contributed by atoms with Crippen LogP contribution in [0.5, 0.6) is 0 Å². The van der Waals surface area contributed by atoms with Crippen LogP contribution in [0.3, 0.4) is 0 Å². The molecule has 1 rings (SSSR count). The van der Waals surface area contributed by atoms with Gasteiger partial charge in [-0.25, -0.2) is 0 Å². The molecule has 0 amide bonds. The Morgan fingerprint density at radius 3 is 2.63 bits per heavy atom. The van der Waals surface area contributed by atoms with Gasteiger partial charge in [0, 0.05) is 26.1 Å². The van der Waals surface area contributed by atoms with Crippen molar-refractivity contribution in [3.8, 4) is 0 Å². The van der Waals surface area contributed by atoms with Crippen LogP contribution in [-0.2, 0) is 9.53 Å². The molecule has 0 atom stereocenters. The Labute approximate surface area is 133 Å². The summed E-state index contributed by atoms with van der Waals surface area (Å²) in [6, 6.07) is 0. The van der Waals surface area contributed by atoms with Crippen molar-refractivity contribution in [1.29, 1.82) is 0 Å². The second-order valence-electron chi connectivity index (χ2n) is 4.62. The van der Waals surface area contributed by atoms with E-state index in [0.717, 1.165) is 44.4 Å². The summed E-state index contributed by atoms with van der Waals surface area (Å²) in [5.41, 5.74) is 0. The summed E-state index contributed by atoms with van der Waals surface area (Å²) >= 11 is 0. The zero-order valence-electron chi connectivity index (χ0n) is 11.9. The molecule has 0 aliphatic heterocycles. The second kappa shape index (κ2) is 11.3. The summed E-state index contributed by atoms with van der Waals surface area (Å²) in [6.45, 7) is 4.70. The smallest absolute Gasteiger partial charge is 0.305 e. The standard InChI is InChI=1S/C13H25N3O2.HI/c1-3-14-13(16-10-11-7-8-11)15-9-5-4-6-12(17)18-2;/h11H,3-10H2,1-2H3,(H2,14,15,16);1H. The molecule has 112 valence electrons. The fourth-order valence-corrected chi connectivity index (χ4v) is 1.57. The summed E-state index contributed by atoms with van der Waals surface area (Å²) < 4.78 is 4.59. The van der Waals surface area contributed by atoms with Gasteiger partial charge in [0.15, 0.2) is 5.96 Å². The third kappa shape index (κ3) is 9.98. The molecule has 1 saturated carbocycles. The molecule has 6 heteroatoms. The lowest BCUT2D eigenvalue weighted by atomic mass is 10.2. The van der Waals surface area contributed by atoms with Gasteiger partial charge in [0.1, 0.15) is 0 Å². The van der Waals surface area contributed by atoms with E-state index in [1.54, 1.807) is 0 Å². The molecule has 1 aliphatic rings. The van der Waals surface area contributed by atoms with Gasteiger partial charge in [-0.05, 0) is 38.5 Å². The molecular formula is C13H26IN3O2. The first-order valence-electron chi connectivity index (χ1n) is 6.85. The number of carbonyl (C=O) groups excluding carboxylic acids is 1. The largest absolute Gasteiger partial charge is 0.469 e. The number of unbranched alkanes of at least 4 members (excludes halogenated alkanes) is 1. The highest BCUT2D eigenvalue weighted by atomic mass is 127. The van der Waals surface area contributed by atoms with Crippen LogP contribution >= 0.6 is 24.0 Å². The number of esters is 1. The Morgan fingerprint density at radius 2 is 2.05 bits per heavy atom. The van der Waals surface area contributed by atoms with E-state index in [2.05, 4.69) is 27.3 Å². The highest BCUT2D eigenvalue weighted by molar-refractivity contribution is 14.0. The molecule has 0 aromatic rings. The Hall–Kier alpha value is -0.530. The minimum atomic E-state index is -0.135. The lowest BCUT2D eigenvalue weighted by Crippen LogP contribution is -2.38. The van der Waals surface area contributed by atoms with Crippen molar-refractivity contribution in [3.05, 3.63) is 0 Å². The SMILES string of the molecule is CCNC(=NCC1CC1)NCCCCC(=O)OC.I.